The fourth-order valence-corrected chi connectivity index (χ4v) is 3.27. The number of hydrogen-bond donors (Lipinski definition) is 0. The molecule has 1 aromatic carbocycles. The van der Waals surface area contributed by atoms with E-state index in [-0.39, 0.29) is 0 Å². The van der Waals surface area contributed by atoms with Gasteiger partial charge in [-0.15, -0.1) is 0 Å². The summed E-state index contributed by atoms with van der Waals surface area (Å²) in [6.07, 6.45) is 2.95. The molecule has 0 bridgehead atoms. The molecule has 1 aliphatic rings. The predicted molar refractivity (Wildman–Crippen MR) is 104 cm³/mol. The Labute approximate surface area is 158 Å². The first-order valence-corrected chi connectivity index (χ1v) is 9.00. The van der Waals surface area contributed by atoms with E-state index < -0.39 is 0 Å². The summed E-state index contributed by atoms with van der Waals surface area (Å²) < 4.78 is 10.6. The second-order valence-corrected chi connectivity index (χ2v) is 6.91. The van der Waals surface area contributed by atoms with E-state index in [0.29, 0.717) is 17.8 Å². The van der Waals surface area contributed by atoms with Crippen molar-refractivity contribution in [2.45, 2.75) is 12.5 Å². The molecular formula is C20H23N5O2. The zero-order valence-electron chi connectivity index (χ0n) is 15.8. The van der Waals surface area contributed by atoms with Gasteiger partial charge in [-0.25, -0.2) is 4.98 Å². The summed E-state index contributed by atoms with van der Waals surface area (Å²) in [4.78, 5) is 13.7. The molecule has 7 nitrogen and oxygen atoms in total. The van der Waals surface area contributed by atoms with Crippen molar-refractivity contribution in [3.05, 3.63) is 42.6 Å². The second kappa shape index (κ2) is 7.36. The summed E-state index contributed by atoms with van der Waals surface area (Å²) >= 11 is 0. The number of pyridine rings is 1. The number of anilines is 1. The molecule has 0 aliphatic carbocycles. The molecule has 3 aromatic rings. The molecule has 0 amide bonds. The van der Waals surface area contributed by atoms with Gasteiger partial charge in [-0.05, 0) is 56.9 Å². The maximum Gasteiger partial charge on any atom is 0.259 e. The van der Waals surface area contributed by atoms with Gasteiger partial charge in [0.15, 0.2) is 0 Å². The van der Waals surface area contributed by atoms with Crippen LogP contribution in [0.5, 0.6) is 5.75 Å². The fourth-order valence-electron chi connectivity index (χ4n) is 3.27. The van der Waals surface area contributed by atoms with Crippen molar-refractivity contribution in [3.63, 3.8) is 0 Å². The van der Waals surface area contributed by atoms with Crippen LogP contribution in [0.25, 0.3) is 22.8 Å². The third kappa shape index (κ3) is 3.64. The predicted octanol–water partition coefficient (Wildman–Crippen LogP) is 2.95. The number of likely N-dealkylation sites (N-methyl/N-ethyl adjacent to an activating group) is 1. The zero-order valence-corrected chi connectivity index (χ0v) is 15.8. The largest absolute Gasteiger partial charge is 0.497 e. The van der Waals surface area contributed by atoms with Crippen LogP contribution in [-0.4, -0.2) is 60.4 Å². The third-order valence-electron chi connectivity index (χ3n) is 4.99. The van der Waals surface area contributed by atoms with Crippen LogP contribution in [0.15, 0.2) is 47.1 Å². The maximum atomic E-state index is 5.42. The Morgan fingerprint density at radius 3 is 2.52 bits per heavy atom. The van der Waals surface area contributed by atoms with Crippen LogP contribution in [0, 0.1) is 0 Å². The van der Waals surface area contributed by atoms with Gasteiger partial charge in [-0.2, -0.15) is 4.98 Å². The van der Waals surface area contributed by atoms with E-state index in [4.69, 9.17) is 9.26 Å². The molecule has 27 heavy (non-hydrogen) atoms. The van der Waals surface area contributed by atoms with Crippen LogP contribution in [-0.2, 0) is 0 Å². The van der Waals surface area contributed by atoms with E-state index in [0.717, 1.165) is 42.2 Å². The highest BCUT2D eigenvalue weighted by atomic mass is 16.5. The van der Waals surface area contributed by atoms with Crippen molar-refractivity contribution in [1.82, 2.24) is 20.0 Å². The number of methoxy groups -OCH3 is 1. The molecule has 4 rings (SSSR count). The van der Waals surface area contributed by atoms with Gasteiger partial charge in [-0.3, -0.25) is 0 Å². The molecule has 1 aliphatic heterocycles. The second-order valence-electron chi connectivity index (χ2n) is 6.91. The standard InChI is InChI=1S/C20H23N5O2/c1-24(2)16-10-11-25(13-16)18-9-6-15(12-21-18)20-22-19(23-27-20)14-4-7-17(26-3)8-5-14/h4-9,12,16H,10-11,13H2,1-3H3/t16-/m0/s1. The summed E-state index contributed by atoms with van der Waals surface area (Å²) in [6.45, 7) is 2.03. The molecule has 1 saturated heterocycles. The average Bonchev–Trinajstić information content (AvgIpc) is 3.38. The van der Waals surface area contributed by atoms with Crippen molar-refractivity contribution in [2.75, 3.05) is 39.2 Å². The fraction of sp³-hybridized carbons (Fsp3) is 0.350. The van der Waals surface area contributed by atoms with Gasteiger partial charge in [0.2, 0.25) is 5.82 Å². The monoisotopic (exact) mass is 365 g/mol. The van der Waals surface area contributed by atoms with Crippen LogP contribution < -0.4 is 9.64 Å². The van der Waals surface area contributed by atoms with Crippen LogP contribution in [0.1, 0.15) is 6.42 Å². The number of benzene rings is 1. The smallest absolute Gasteiger partial charge is 0.259 e. The Morgan fingerprint density at radius 1 is 1.11 bits per heavy atom. The highest BCUT2D eigenvalue weighted by Crippen LogP contribution is 2.26. The molecule has 1 atom stereocenters. The van der Waals surface area contributed by atoms with Gasteiger partial charge in [0.1, 0.15) is 11.6 Å². The maximum absolute atomic E-state index is 5.42. The summed E-state index contributed by atoms with van der Waals surface area (Å²) in [5.74, 6) is 2.79. The Kier molecular flexibility index (Phi) is 4.77. The molecule has 0 radical (unpaired) electrons. The summed E-state index contributed by atoms with van der Waals surface area (Å²) in [7, 11) is 5.89. The first kappa shape index (κ1) is 17.5. The topological polar surface area (TPSA) is 67.5 Å². The van der Waals surface area contributed by atoms with Crippen molar-refractivity contribution in [3.8, 4) is 28.6 Å². The van der Waals surface area contributed by atoms with E-state index in [2.05, 4.69) is 39.0 Å². The first-order valence-electron chi connectivity index (χ1n) is 9.00. The summed E-state index contributed by atoms with van der Waals surface area (Å²) in [5.41, 5.74) is 1.69. The van der Waals surface area contributed by atoms with E-state index in [1.807, 2.05) is 36.4 Å². The summed E-state index contributed by atoms with van der Waals surface area (Å²) in [6, 6.07) is 12.1. The Morgan fingerprint density at radius 2 is 1.89 bits per heavy atom. The van der Waals surface area contributed by atoms with Gasteiger partial charge >= 0.3 is 0 Å². The van der Waals surface area contributed by atoms with Gasteiger partial charge in [0.05, 0.1) is 12.7 Å². The van der Waals surface area contributed by atoms with Crippen molar-refractivity contribution in [1.29, 1.82) is 0 Å². The molecule has 1 fully saturated rings. The van der Waals surface area contributed by atoms with Crippen LogP contribution in [0.3, 0.4) is 0 Å². The number of rotatable bonds is 5. The lowest BCUT2D eigenvalue weighted by molar-refractivity contribution is 0.315. The van der Waals surface area contributed by atoms with E-state index in [9.17, 15) is 0 Å². The highest BCUT2D eigenvalue weighted by Gasteiger charge is 2.24. The quantitative estimate of drug-likeness (QED) is 0.688. The van der Waals surface area contributed by atoms with Crippen LogP contribution >= 0.6 is 0 Å². The zero-order chi connectivity index (χ0) is 18.8. The number of hydrogen-bond acceptors (Lipinski definition) is 7. The molecule has 0 unspecified atom stereocenters. The van der Waals surface area contributed by atoms with Crippen LogP contribution in [0.4, 0.5) is 5.82 Å². The van der Waals surface area contributed by atoms with Gasteiger partial charge < -0.3 is 19.1 Å². The Balaban J connectivity index is 1.49. The minimum Gasteiger partial charge on any atom is -0.497 e. The normalized spacial score (nSPS) is 16.9. The number of nitrogens with zero attached hydrogens (tertiary/aromatic N) is 5. The van der Waals surface area contributed by atoms with Gasteiger partial charge in [0, 0.05) is 30.9 Å². The average molecular weight is 365 g/mol. The minimum absolute atomic E-state index is 0.465. The van der Waals surface area contributed by atoms with E-state index in [1.54, 1.807) is 13.3 Å². The third-order valence-corrected chi connectivity index (χ3v) is 4.99. The molecule has 0 saturated carbocycles. The number of ether oxygens (including phenoxy) is 1. The first-order chi connectivity index (χ1) is 13.1. The van der Waals surface area contributed by atoms with Crippen molar-refractivity contribution >= 4 is 5.82 Å². The Bertz CT molecular complexity index is 889. The molecule has 0 spiro atoms. The molecule has 2 aromatic heterocycles. The summed E-state index contributed by atoms with van der Waals surface area (Å²) in [5, 5.41) is 4.08. The van der Waals surface area contributed by atoms with Gasteiger partial charge in [-0.1, -0.05) is 5.16 Å². The lowest BCUT2D eigenvalue weighted by Crippen LogP contribution is -2.31. The highest BCUT2D eigenvalue weighted by molar-refractivity contribution is 5.61. The Hall–Kier alpha value is -2.93. The number of aromatic nitrogens is 3. The minimum atomic E-state index is 0.465. The molecule has 140 valence electrons. The SMILES string of the molecule is COc1ccc(-c2noc(-c3ccc(N4CC[C@H](N(C)C)C4)nc3)n2)cc1. The molecular weight excluding hydrogens is 342 g/mol. The van der Waals surface area contributed by atoms with E-state index >= 15 is 0 Å². The lowest BCUT2D eigenvalue weighted by Gasteiger charge is -2.21. The molecule has 0 N–H and O–H groups in total. The van der Waals surface area contributed by atoms with E-state index in [1.165, 1.54) is 0 Å². The van der Waals surface area contributed by atoms with Crippen LogP contribution in [0.2, 0.25) is 0 Å². The lowest BCUT2D eigenvalue weighted by atomic mass is 10.2. The van der Waals surface area contributed by atoms with Crippen molar-refractivity contribution < 1.29 is 9.26 Å². The van der Waals surface area contributed by atoms with Crippen molar-refractivity contribution in [2.24, 2.45) is 0 Å². The molecule has 3 heterocycles. The van der Waals surface area contributed by atoms with Gasteiger partial charge in [0.25, 0.3) is 5.89 Å². The molecule has 7 heteroatoms.